The van der Waals surface area contributed by atoms with Crippen molar-refractivity contribution in [2.75, 3.05) is 47.5 Å². The fourth-order valence-corrected chi connectivity index (χ4v) is 6.19. The van der Waals surface area contributed by atoms with Crippen molar-refractivity contribution in [2.45, 2.75) is 180 Å². The molecule has 0 bridgehead atoms. The summed E-state index contributed by atoms with van der Waals surface area (Å²) < 4.78 is 33.7. The molecular formula is C41H78NO8P. The minimum atomic E-state index is -4.62. The van der Waals surface area contributed by atoms with Crippen LogP contribution in [0.5, 0.6) is 0 Å². The number of quaternary nitrogens is 1. The van der Waals surface area contributed by atoms with Crippen LogP contribution >= 0.6 is 7.82 Å². The molecule has 9 nitrogen and oxygen atoms in total. The normalized spacial score (nSPS) is 13.9. The topological polar surface area (TPSA) is 111 Å². The molecule has 0 radical (unpaired) electrons. The van der Waals surface area contributed by atoms with Crippen LogP contribution in [-0.2, 0) is 32.7 Å². The highest BCUT2D eigenvalue weighted by molar-refractivity contribution is 7.45. The Hall–Kier alpha value is -1.51. The Kier molecular flexibility index (Phi) is 33.3. The van der Waals surface area contributed by atoms with Gasteiger partial charge in [0.15, 0.2) is 6.10 Å². The first kappa shape index (κ1) is 49.5. The van der Waals surface area contributed by atoms with Gasteiger partial charge >= 0.3 is 11.9 Å². The molecule has 10 heteroatoms. The van der Waals surface area contributed by atoms with Gasteiger partial charge in [-0.3, -0.25) is 14.2 Å². The number of hydrogen-bond donors (Lipinski definition) is 0. The number of rotatable bonds is 37. The molecule has 0 rings (SSSR count). The van der Waals surface area contributed by atoms with Crippen molar-refractivity contribution in [3.05, 3.63) is 24.3 Å². The highest BCUT2D eigenvalue weighted by atomic mass is 31.2. The summed E-state index contributed by atoms with van der Waals surface area (Å²) >= 11 is 0. The summed E-state index contributed by atoms with van der Waals surface area (Å²) in [5.41, 5.74) is 0. The fraction of sp³-hybridized carbons (Fsp3) is 0.854. The van der Waals surface area contributed by atoms with E-state index in [0.717, 1.165) is 38.5 Å². The summed E-state index contributed by atoms with van der Waals surface area (Å²) in [7, 11) is 1.15. The smallest absolute Gasteiger partial charge is 0.306 e. The average molecular weight is 744 g/mol. The molecule has 0 spiro atoms. The first-order chi connectivity index (χ1) is 24.5. The van der Waals surface area contributed by atoms with Crippen molar-refractivity contribution in [2.24, 2.45) is 0 Å². The average Bonchev–Trinajstić information content (AvgIpc) is 3.07. The third-order valence-electron chi connectivity index (χ3n) is 8.72. The Morgan fingerprint density at radius 2 is 1.08 bits per heavy atom. The number of hydrogen-bond acceptors (Lipinski definition) is 8. The molecule has 0 aliphatic heterocycles. The Balaban J connectivity index is 4.41. The lowest BCUT2D eigenvalue weighted by molar-refractivity contribution is -0.870. The predicted molar refractivity (Wildman–Crippen MR) is 208 cm³/mol. The highest BCUT2D eigenvalue weighted by Gasteiger charge is 2.21. The van der Waals surface area contributed by atoms with Gasteiger partial charge in [-0.15, -0.1) is 0 Å². The molecule has 0 amide bonds. The predicted octanol–water partition coefficient (Wildman–Crippen LogP) is 10.6. The number of nitrogens with zero attached hydrogens (tertiary/aromatic N) is 1. The molecule has 0 aromatic heterocycles. The van der Waals surface area contributed by atoms with Gasteiger partial charge in [0.25, 0.3) is 7.82 Å². The van der Waals surface area contributed by atoms with E-state index in [1.807, 2.05) is 21.1 Å². The van der Waals surface area contributed by atoms with Crippen molar-refractivity contribution in [3.8, 4) is 0 Å². The summed E-state index contributed by atoms with van der Waals surface area (Å²) in [6.45, 7) is 4.16. The monoisotopic (exact) mass is 744 g/mol. The van der Waals surface area contributed by atoms with Crippen LogP contribution in [0.15, 0.2) is 24.3 Å². The van der Waals surface area contributed by atoms with E-state index in [2.05, 4.69) is 38.2 Å². The van der Waals surface area contributed by atoms with E-state index in [4.69, 9.17) is 18.5 Å². The maximum atomic E-state index is 12.6. The summed E-state index contributed by atoms with van der Waals surface area (Å²) in [6.07, 6.45) is 35.0. The standard InChI is InChI=1S/C41H78NO8P/c1-6-8-10-12-14-16-18-19-20-21-22-23-24-26-27-29-31-33-40(43)47-37-39(38-49-51(45,46)48-36-35-42(3,4)5)50-41(44)34-32-30-28-25-17-15-13-11-9-7-2/h22-23,26-27,39H,6-21,24-25,28-38H2,1-5H3/b23-22+,27-26+/t39-/m0/s1. The molecule has 0 aliphatic carbocycles. The van der Waals surface area contributed by atoms with Gasteiger partial charge in [-0.1, -0.05) is 147 Å². The Morgan fingerprint density at radius 1 is 0.608 bits per heavy atom. The SMILES string of the molecule is CCCCCCCCCCC/C=C/C/C=C/CCCC(=O)OC[C@@H](COP(=O)([O-])OCC[N+](C)(C)C)OC(=O)CCCCCCCCCCCC. The first-order valence-corrected chi connectivity index (χ1v) is 22.0. The second kappa shape index (κ2) is 34.3. The first-order valence-electron chi connectivity index (χ1n) is 20.5. The van der Waals surface area contributed by atoms with E-state index in [9.17, 15) is 19.0 Å². The van der Waals surface area contributed by atoms with Crippen LogP contribution in [0.25, 0.3) is 0 Å². The molecule has 0 N–H and O–H groups in total. The second-order valence-electron chi connectivity index (χ2n) is 15.0. The van der Waals surface area contributed by atoms with E-state index >= 15 is 0 Å². The Morgan fingerprint density at radius 3 is 1.61 bits per heavy atom. The van der Waals surface area contributed by atoms with Crippen LogP contribution in [0.4, 0.5) is 0 Å². The molecule has 51 heavy (non-hydrogen) atoms. The molecule has 0 aromatic carbocycles. The molecule has 0 heterocycles. The highest BCUT2D eigenvalue weighted by Crippen LogP contribution is 2.38. The fourth-order valence-electron chi connectivity index (χ4n) is 5.46. The van der Waals surface area contributed by atoms with Crippen molar-refractivity contribution >= 4 is 19.8 Å². The van der Waals surface area contributed by atoms with Gasteiger partial charge in [0.05, 0.1) is 27.7 Å². The zero-order valence-corrected chi connectivity index (χ0v) is 34.4. The van der Waals surface area contributed by atoms with Gasteiger partial charge in [0.1, 0.15) is 19.8 Å². The lowest BCUT2D eigenvalue weighted by Gasteiger charge is -2.28. The summed E-state index contributed by atoms with van der Waals surface area (Å²) in [6, 6.07) is 0. The third-order valence-corrected chi connectivity index (χ3v) is 9.69. The van der Waals surface area contributed by atoms with Gasteiger partial charge in [-0.05, 0) is 38.5 Å². The molecule has 2 atom stereocenters. The number of phosphoric ester groups is 1. The maximum Gasteiger partial charge on any atom is 0.306 e. The lowest BCUT2D eigenvalue weighted by Crippen LogP contribution is -2.37. The minimum absolute atomic E-state index is 0.0352. The van der Waals surface area contributed by atoms with E-state index in [1.54, 1.807) is 0 Å². The van der Waals surface area contributed by atoms with Crippen molar-refractivity contribution < 1.29 is 42.1 Å². The van der Waals surface area contributed by atoms with Gasteiger partial charge in [0, 0.05) is 12.8 Å². The van der Waals surface area contributed by atoms with E-state index in [0.29, 0.717) is 23.9 Å². The molecule has 300 valence electrons. The van der Waals surface area contributed by atoms with Crippen LogP contribution in [0.1, 0.15) is 174 Å². The summed E-state index contributed by atoms with van der Waals surface area (Å²) in [5, 5.41) is 0. The lowest BCUT2D eigenvalue weighted by atomic mass is 10.1. The molecule has 0 saturated heterocycles. The van der Waals surface area contributed by atoms with Crippen LogP contribution in [0, 0.1) is 0 Å². The number of allylic oxidation sites excluding steroid dienone is 4. The number of carbonyl (C=O) groups excluding carboxylic acids is 2. The molecule has 0 aromatic rings. The quantitative estimate of drug-likeness (QED) is 0.0203. The van der Waals surface area contributed by atoms with E-state index in [-0.39, 0.29) is 26.1 Å². The Labute approximate surface area is 313 Å². The van der Waals surface area contributed by atoms with Crippen LogP contribution in [-0.4, -0.2) is 70.0 Å². The molecule has 0 fully saturated rings. The molecule has 0 aliphatic rings. The van der Waals surface area contributed by atoms with Crippen molar-refractivity contribution in [1.82, 2.24) is 0 Å². The van der Waals surface area contributed by atoms with Crippen molar-refractivity contribution in [1.29, 1.82) is 0 Å². The van der Waals surface area contributed by atoms with Crippen LogP contribution < -0.4 is 4.89 Å². The molecule has 1 unspecified atom stereocenters. The van der Waals surface area contributed by atoms with Gasteiger partial charge in [-0.25, -0.2) is 0 Å². The van der Waals surface area contributed by atoms with E-state index < -0.39 is 32.5 Å². The summed E-state index contributed by atoms with van der Waals surface area (Å²) in [5.74, 6) is -0.886. The number of esters is 2. The number of phosphoric acid groups is 1. The van der Waals surface area contributed by atoms with Crippen LogP contribution in [0.3, 0.4) is 0 Å². The number of likely N-dealkylation sites (N-methyl/N-ethyl adjacent to an activating group) is 1. The van der Waals surface area contributed by atoms with E-state index in [1.165, 1.54) is 96.3 Å². The van der Waals surface area contributed by atoms with Crippen molar-refractivity contribution in [3.63, 3.8) is 0 Å². The number of unbranched alkanes of at least 4 members (excludes halogenated alkanes) is 19. The Bertz CT molecular complexity index is 933. The largest absolute Gasteiger partial charge is 0.756 e. The van der Waals surface area contributed by atoms with Gasteiger partial charge in [0.2, 0.25) is 0 Å². The summed E-state index contributed by atoms with van der Waals surface area (Å²) in [4.78, 5) is 37.3. The molecule has 0 saturated carbocycles. The zero-order chi connectivity index (χ0) is 37.9. The molecular weight excluding hydrogens is 665 g/mol. The number of ether oxygens (including phenoxy) is 2. The third kappa shape index (κ3) is 38.0. The maximum absolute atomic E-state index is 12.6. The zero-order valence-electron chi connectivity index (χ0n) is 33.6. The minimum Gasteiger partial charge on any atom is -0.756 e. The van der Waals surface area contributed by atoms with Gasteiger partial charge < -0.3 is 27.9 Å². The van der Waals surface area contributed by atoms with Crippen LogP contribution in [0.2, 0.25) is 0 Å². The number of carbonyl (C=O) groups is 2. The van der Waals surface area contributed by atoms with Gasteiger partial charge in [-0.2, -0.15) is 0 Å². The second-order valence-corrected chi connectivity index (χ2v) is 16.4.